The predicted octanol–water partition coefficient (Wildman–Crippen LogP) is 4.50. The number of methoxy groups -OCH3 is 3. The largest absolute Gasteiger partial charge is 0.493 e. The van der Waals surface area contributed by atoms with E-state index in [4.69, 9.17) is 14.2 Å². The molecule has 3 aromatic rings. The number of carbonyl (C=O) groups excluding carboxylic acids is 1. The van der Waals surface area contributed by atoms with Gasteiger partial charge in [0.05, 0.1) is 32.6 Å². The number of aryl methyl sites for hydroxylation is 1. The van der Waals surface area contributed by atoms with Gasteiger partial charge in [0.25, 0.3) is 5.91 Å². The van der Waals surface area contributed by atoms with Gasteiger partial charge in [0.1, 0.15) is 6.33 Å². The number of carbonyl (C=O) groups is 1. The maximum absolute atomic E-state index is 13.5. The standard InChI is InChI=1S/C26H29N3O4/c1-17-7-9-18(10-8-17)21-14-27-16-28-23(21)19-6-5-13-29(15-19)26(30)20-11-12-22(31-2)25(33-4)24(20)32-3/h7-12,14,16,19H,5-6,13,15H2,1-4H3. The van der Waals surface area contributed by atoms with Gasteiger partial charge in [0, 0.05) is 30.8 Å². The number of nitrogens with zero attached hydrogens (tertiary/aromatic N) is 3. The minimum absolute atomic E-state index is 0.0940. The third kappa shape index (κ3) is 4.49. The van der Waals surface area contributed by atoms with Gasteiger partial charge in [-0.15, -0.1) is 0 Å². The molecule has 0 spiro atoms. The van der Waals surface area contributed by atoms with E-state index in [0.717, 1.165) is 29.7 Å². The highest BCUT2D eigenvalue weighted by atomic mass is 16.5. The molecular formula is C26H29N3O4. The topological polar surface area (TPSA) is 73.8 Å². The van der Waals surface area contributed by atoms with Crippen LogP contribution in [0.5, 0.6) is 17.2 Å². The minimum atomic E-state index is -0.0940. The summed E-state index contributed by atoms with van der Waals surface area (Å²) >= 11 is 0. The average molecular weight is 448 g/mol. The Hall–Kier alpha value is -3.61. The zero-order valence-corrected chi connectivity index (χ0v) is 19.5. The fourth-order valence-electron chi connectivity index (χ4n) is 4.44. The van der Waals surface area contributed by atoms with E-state index >= 15 is 0 Å². The number of benzene rings is 2. The van der Waals surface area contributed by atoms with Crippen LogP contribution in [0, 0.1) is 6.92 Å². The third-order valence-electron chi connectivity index (χ3n) is 6.14. The third-order valence-corrected chi connectivity index (χ3v) is 6.14. The quantitative estimate of drug-likeness (QED) is 0.554. The summed E-state index contributed by atoms with van der Waals surface area (Å²) in [4.78, 5) is 24.3. The summed E-state index contributed by atoms with van der Waals surface area (Å²) in [5.41, 5.74) is 4.74. The number of rotatable bonds is 6. The van der Waals surface area contributed by atoms with Gasteiger partial charge in [-0.1, -0.05) is 29.8 Å². The van der Waals surface area contributed by atoms with E-state index in [1.54, 1.807) is 25.6 Å². The first-order valence-corrected chi connectivity index (χ1v) is 11.0. The molecule has 1 aliphatic heterocycles. The molecule has 4 rings (SSSR count). The lowest BCUT2D eigenvalue weighted by Gasteiger charge is -2.33. The van der Waals surface area contributed by atoms with Crippen LogP contribution in [0.15, 0.2) is 48.9 Å². The van der Waals surface area contributed by atoms with Crippen molar-refractivity contribution < 1.29 is 19.0 Å². The Morgan fingerprint density at radius 3 is 2.45 bits per heavy atom. The van der Waals surface area contributed by atoms with Crippen molar-refractivity contribution in [2.75, 3.05) is 34.4 Å². The van der Waals surface area contributed by atoms with Crippen LogP contribution in [-0.4, -0.2) is 55.2 Å². The van der Waals surface area contributed by atoms with Crippen molar-refractivity contribution in [1.82, 2.24) is 14.9 Å². The number of likely N-dealkylation sites (tertiary alicyclic amines) is 1. The highest BCUT2D eigenvalue weighted by Crippen LogP contribution is 2.41. The number of aromatic nitrogens is 2. The van der Waals surface area contributed by atoms with E-state index in [0.29, 0.717) is 35.9 Å². The van der Waals surface area contributed by atoms with Gasteiger partial charge in [-0.3, -0.25) is 4.79 Å². The smallest absolute Gasteiger partial charge is 0.257 e. The van der Waals surface area contributed by atoms with Gasteiger partial charge >= 0.3 is 0 Å². The number of hydrogen-bond donors (Lipinski definition) is 0. The van der Waals surface area contributed by atoms with Crippen LogP contribution >= 0.6 is 0 Å². The molecule has 0 aliphatic carbocycles. The number of hydrogen-bond acceptors (Lipinski definition) is 6. The van der Waals surface area contributed by atoms with Crippen LogP contribution in [0.25, 0.3) is 11.1 Å². The molecule has 1 saturated heterocycles. The summed E-state index contributed by atoms with van der Waals surface area (Å²) in [5.74, 6) is 1.34. The van der Waals surface area contributed by atoms with Crippen LogP contribution in [-0.2, 0) is 0 Å². The molecule has 1 unspecified atom stereocenters. The van der Waals surface area contributed by atoms with Gasteiger partial charge < -0.3 is 19.1 Å². The molecular weight excluding hydrogens is 418 g/mol. The second kappa shape index (κ2) is 9.90. The van der Waals surface area contributed by atoms with E-state index in [1.807, 2.05) is 11.1 Å². The summed E-state index contributed by atoms with van der Waals surface area (Å²) in [6.07, 6.45) is 5.31. The zero-order chi connectivity index (χ0) is 23.4. The molecule has 1 atom stereocenters. The molecule has 2 heterocycles. The molecule has 7 nitrogen and oxygen atoms in total. The van der Waals surface area contributed by atoms with E-state index < -0.39 is 0 Å². The molecule has 2 aromatic carbocycles. The Labute approximate surface area is 194 Å². The van der Waals surface area contributed by atoms with Gasteiger partial charge in [-0.2, -0.15) is 0 Å². The second-order valence-corrected chi connectivity index (χ2v) is 8.16. The molecule has 1 aromatic heterocycles. The van der Waals surface area contributed by atoms with E-state index in [9.17, 15) is 4.79 Å². The molecule has 33 heavy (non-hydrogen) atoms. The summed E-state index contributed by atoms with van der Waals surface area (Å²) in [6.45, 7) is 3.32. The monoisotopic (exact) mass is 447 g/mol. The summed E-state index contributed by atoms with van der Waals surface area (Å²) in [6, 6.07) is 11.8. The van der Waals surface area contributed by atoms with E-state index in [-0.39, 0.29) is 11.8 Å². The Morgan fingerprint density at radius 1 is 1.00 bits per heavy atom. The SMILES string of the molecule is COc1ccc(C(=O)N2CCCC(c3ncncc3-c3ccc(C)cc3)C2)c(OC)c1OC. The Kier molecular flexibility index (Phi) is 6.77. The van der Waals surface area contributed by atoms with Crippen molar-refractivity contribution in [1.29, 1.82) is 0 Å². The van der Waals surface area contributed by atoms with Gasteiger partial charge in [-0.05, 0) is 37.5 Å². The average Bonchev–Trinajstić information content (AvgIpc) is 2.87. The molecule has 0 radical (unpaired) electrons. The van der Waals surface area contributed by atoms with Crippen molar-refractivity contribution in [3.63, 3.8) is 0 Å². The maximum Gasteiger partial charge on any atom is 0.257 e. The molecule has 0 bridgehead atoms. The second-order valence-electron chi connectivity index (χ2n) is 8.16. The molecule has 1 amide bonds. The molecule has 0 N–H and O–H groups in total. The highest BCUT2D eigenvalue weighted by Gasteiger charge is 2.30. The fraction of sp³-hybridized carbons (Fsp3) is 0.346. The normalized spacial score (nSPS) is 15.8. The first-order chi connectivity index (χ1) is 16.1. The minimum Gasteiger partial charge on any atom is -0.493 e. The first kappa shape index (κ1) is 22.6. The summed E-state index contributed by atoms with van der Waals surface area (Å²) in [7, 11) is 4.62. The summed E-state index contributed by atoms with van der Waals surface area (Å²) < 4.78 is 16.4. The van der Waals surface area contributed by atoms with Crippen molar-refractivity contribution in [3.05, 3.63) is 65.7 Å². The zero-order valence-electron chi connectivity index (χ0n) is 19.5. The van der Waals surface area contributed by atoms with Crippen LogP contribution in [0.4, 0.5) is 0 Å². The van der Waals surface area contributed by atoms with Crippen LogP contribution < -0.4 is 14.2 Å². The van der Waals surface area contributed by atoms with Crippen LogP contribution in [0.1, 0.15) is 40.4 Å². The Morgan fingerprint density at radius 2 is 1.76 bits per heavy atom. The van der Waals surface area contributed by atoms with Gasteiger partial charge in [0.2, 0.25) is 5.75 Å². The number of piperidine rings is 1. The molecule has 1 fully saturated rings. The maximum atomic E-state index is 13.5. The van der Waals surface area contributed by atoms with Gasteiger partial charge in [0.15, 0.2) is 11.5 Å². The van der Waals surface area contributed by atoms with Crippen molar-refractivity contribution in [3.8, 4) is 28.4 Å². The molecule has 172 valence electrons. The first-order valence-electron chi connectivity index (χ1n) is 11.0. The highest BCUT2D eigenvalue weighted by molar-refractivity contribution is 5.98. The van der Waals surface area contributed by atoms with Crippen molar-refractivity contribution in [2.24, 2.45) is 0 Å². The lowest BCUT2D eigenvalue weighted by molar-refractivity contribution is 0.0702. The van der Waals surface area contributed by atoms with Crippen LogP contribution in [0.2, 0.25) is 0 Å². The Bertz CT molecular complexity index is 1130. The van der Waals surface area contributed by atoms with Crippen LogP contribution in [0.3, 0.4) is 0 Å². The molecule has 0 saturated carbocycles. The lowest BCUT2D eigenvalue weighted by Crippen LogP contribution is -2.39. The van der Waals surface area contributed by atoms with E-state index in [1.165, 1.54) is 19.8 Å². The molecule has 7 heteroatoms. The van der Waals surface area contributed by atoms with E-state index in [2.05, 4.69) is 41.2 Å². The van der Waals surface area contributed by atoms with Crippen molar-refractivity contribution in [2.45, 2.75) is 25.7 Å². The Balaban J connectivity index is 1.63. The number of ether oxygens (including phenoxy) is 3. The summed E-state index contributed by atoms with van der Waals surface area (Å²) in [5, 5.41) is 0. The molecule has 1 aliphatic rings. The fourth-order valence-corrected chi connectivity index (χ4v) is 4.44. The lowest BCUT2D eigenvalue weighted by atomic mass is 9.89. The van der Waals surface area contributed by atoms with Gasteiger partial charge in [-0.25, -0.2) is 9.97 Å². The van der Waals surface area contributed by atoms with Crippen molar-refractivity contribution >= 4 is 5.91 Å². The predicted molar refractivity (Wildman–Crippen MR) is 126 cm³/mol. The number of amides is 1.